The molecule has 3 rings (SSSR count). The largest absolute Gasteiger partial charge is 0.341 e. The zero-order valence-electron chi connectivity index (χ0n) is 11.2. The summed E-state index contributed by atoms with van der Waals surface area (Å²) in [7, 11) is 0. The zero-order chi connectivity index (χ0) is 13.1. The molecule has 0 aliphatic carbocycles. The van der Waals surface area contributed by atoms with Crippen molar-refractivity contribution >= 4 is 5.91 Å². The standard InChI is InChI=1S/C15H21N3O/c19-15(7-6-13-5-1-2-8-16-13)18-10-12-4-3-9-17-14(12)11-18/h1-2,5,8,12,14,17H,3-4,6-7,9-11H2/t12-,14+/m0/s1. The summed E-state index contributed by atoms with van der Waals surface area (Å²) in [5.74, 6) is 0.953. The van der Waals surface area contributed by atoms with Crippen molar-refractivity contribution in [1.82, 2.24) is 15.2 Å². The van der Waals surface area contributed by atoms with Gasteiger partial charge in [-0.25, -0.2) is 0 Å². The van der Waals surface area contributed by atoms with Crippen LogP contribution in [0.15, 0.2) is 24.4 Å². The maximum Gasteiger partial charge on any atom is 0.223 e. The summed E-state index contributed by atoms with van der Waals surface area (Å²) in [4.78, 5) is 18.5. The van der Waals surface area contributed by atoms with Crippen LogP contribution in [-0.2, 0) is 11.2 Å². The van der Waals surface area contributed by atoms with E-state index in [0.717, 1.165) is 31.7 Å². The van der Waals surface area contributed by atoms with Crippen molar-refractivity contribution in [3.8, 4) is 0 Å². The molecule has 0 spiro atoms. The van der Waals surface area contributed by atoms with Crippen LogP contribution in [0.1, 0.15) is 25.0 Å². The molecule has 19 heavy (non-hydrogen) atoms. The van der Waals surface area contributed by atoms with E-state index < -0.39 is 0 Å². The number of pyridine rings is 1. The molecular weight excluding hydrogens is 238 g/mol. The lowest BCUT2D eigenvalue weighted by Crippen LogP contribution is -2.41. The van der Waals surface area contributed by atoms with E-state index in [9.17, 15) is 4.79 Å². The van der Waals surface area contributed by atoms with E-state index >= 15 is 0 Å². The van der Waals surface area contributed by atoms with Crippen molar-refractivity contribution in [2.24, 2.45) is 5.92 Å². The summed E-state index contributed by atoms with van der Waals surface area (Å²) in [6.07, 6.45) is 5.63. The third-order valence-electron chi connectivity index (χ3n) is 4.27. The van der Waals surface area contributed by atoms with Gasteiger partial charge in [0.1, 0.15) is 0 Å². The number of fused-ring (bicyclic) bond motifs is 1. The van der Waals surface area contributed by atoms with Gasteiger partial charge in [-0.15, -0.1) is 0 Å². The fourth-order valence-corrected chi connectivity index (χ4v) is 3.19. The number of nitrogens with zero attached hydrogens (tertiary/aromatic N) is 2. The van der Waals surface area contributed by atoms with Crippen LogP contribution in [-0.4, -0.2) is 41.5 Å². The molecule has 1 aromatic rings. The number of likely N-dealkylation sites (tertiary alicyclic amines) is 1. The Labute approximate surface area is 114 Å². The average molecular weight is 259 g/mol. The van der Waals surface area contributed by atoms with Crippen LogP contribution in [0.4, 0.5) is 0 Å². The number of hydrogen-bond acceptors (Lipinski definition) is 3. The molecule has 2 aliphatic rings. The number of rotatable bonds is 3. The molecule has 2 saturated heterocycles. The molecule has 0 bridgehead atoms. The second kappa shape index (κ2) is 5.70. The molecule has 4 heteroatoms. The predicted molar refractivity (Wildman–Crippen MR) is 73.7 cm³/mol. The van der Waals surface area contributed by atoms with Crippen LogP contribution < -0.4 is 5.32 Å². The lowest BCUT2D eigenvalue weighted by atomic mass is 9.94. The number of aryl methyl sites for hydroxylation is 1. The average Bonchev–Trinajstić information content (AvgIpc) is 2.90. The molecule has 0 aromatic carbocycles. The Bertz CT molecular complexity index is 420. The number of amides is 1. The Kier molecular flexibility index (Phi) is 3.78. The second-order valence-electron chi connectivity index (χ2n) is 5.58. The highest BCUT2D eigenvalue weighted by Crippen LogP contribution is 2.25. The van der Waals surface area contributed by atoms with Gasteiger partial charge in [-0.1, -0.05) is 6.07 Å². The fraction of sp³-hybridized carbons (Fsp3) is 0.600. The minimum Gasteiger partial charge on any atom is -0.341 e. The molecular formula is C15H21N3O. The molecule has 0 radical (unpaired) electrons. The van der Waals surface area contributed by atoms with E-state index in [4.69, 9.17) is 0 Å². The number of piperidine rings is 1. The van der Waals surface area contributed by atoms with Gasteiger partial charge in [-0.3, -0.25) is 9.78 Å². The summed E-state index contributed by atoms with van der Waals surface area (Å²) < 4.78 is 0. The predicted octanol–water partition coefficient (Wildman–Crippen LogP) is 1.22. The Balaban J connectivity index is 1.51. The van der Waals surface area contributed by atoms with Gasteiger partial charge in [0.05, 0.1) is 0 Å². The van der Waals surface area contributed by atoms with Gasteiger partial charge < -0.3 is 10.2 Å². The van der Waals surface area contributed by atoms with Crippen molar-refractivity contribution in [3.63, 3.8) is 0 Å². The van der Waals surface area contributed by atoms with Crippen LogP contribution >= 0.6 is 0 Å². The summed E-state index contributed by atoms with van der Waals surface area (Å²) in [6.45, 7) is 2.95. The lowest BCUT2D eigenvalue weighted by Gasteiger charge is -2.24. The highest BCUT2D eigenvalue weighted by molar-refractivity contribution is 5.76. The summed E-state index contributed by atoms with van der Waals surface area (Å²) in [5, 5.41) is 3.53. The Morgan fingerprint density at radius 2 is 2.37 bits per heavy atom. The molecule has 0 unspecified atom stereocenters. The first-order chi connectivity index (χ1) is 9.33. The van der Waals surface area contributed by atoms with Crippen LogP contribution in [0.5, 0.6) is 0 Å². The molecule has 102 valence electrons. The minimum absolute atomic E-state index is 0.279. The van der Waals surface area contributed by atoms with E-state index in [2.05, 4.69) is 10.3 Å². The molecule has 1 N–H and O–H groups in total. The minimum atomic E-state index is 0.279. The normalized spacial score (nSPS) is 26.2. The third-order valence-corrected chi connectivity index (χ3v) is 4.27. The topological polar surface area (TPSA) is 45.2 Å². The zero-order valence-corrected chi connectivity index (χ0v) is 11.2. The Hall–Kier alpha value is -1.42. The van der Waals surface area contributed by atoms with Crippen molar-refractivity contribution in [3.05, 3.63) is 30.1 Å². The van der Waals surface area contributed by atoms with Crippen LogP contribution in [0, 0.1) is 5.92 Å². The number of nitrogens with one attached hydrogen (secondary N) is 1. The smallest absolute Gasteiger partial charge is 0.223 e. The molecule has 2 fully saturated rings. The van der Waals surface area contributed by atoms with E-state index in [1.165, 1.54) is 12.8 Å². The summed E-state index contributed by atoms with van der Waals surface area (Å²) >= 11 is 0. The van der Waals surface area contributed by atoms with E-state index in [0.29, 0.717) is 18.4 Å². The SMILES string of the molecule is O=C(CCc1ccccn1)N1C[C@@H]2CCCN[C@@H]2C1. The first-order valence-corrected chi connectivity index (χ1v) is 7.24. The molecule has 4 nitrogen and oxygen atoms in total. The van der Waals surface area contributed by atoms with E-state index in [1.807, 2.05) is 23.1 Å². The van der Waals surface area contributed by atoms with Gasteiger partial charge in [-0.2, -0.15) is 0 Å². The van der Waals surface area contributed by atoms with Gasteiger partial charge in [0.15, 0.2) is 0 Å². The van der Waals surface area contributed by atoms with Crippen LogP contribution in [0.3, 0.4) is 0 Å². The maximum absolute atomic E-state index is 12.2. The first-order valence-electron chi connectivity index (χ1n) is 7.24. The number of carbonyl (C=O) groups is 1. The van der Waals surface area contributed by atoms with Crippen LogP contribution in [0.2, 0.25) is 0 Å². The molecule has 2 aliphatic heterocycles. The summed E-state index contributed by atoms with van der Waals surface area (Å²) in [5.41, 5.74) is 1.01. The van der Waals surface area contributed by atoms with Gasteiger partial charge in [0, 0.05) is 37.4 Å². The molecule has 3 heterocycles. The van der Waals surface area contributed by atoms with Crippen LogP contribution in [0.25, 0.3) is 0 Å². The van der Waals surface area contributed by atoms with Gasteiger partial charge in [-0.05, 0) is 43.9 Å². The highest BCUT2D eigenvalue weighted by Gasteiger charge is 2.35. The molecule has 0 saturated carbocycles. The van der Waals surface area contributed by atoms with Crippen molar-refractivity contribution in [2.45, 2.75) is 31.7 Å². The van der Waals surface area contributed by atoms with E-state index in [-0.39, 0.29) is 5.91 Å². The monoisotopic (exact) mass is 259 g/mol. The second-order valence-corrected chi connectivity index (χ2v) is 5.58. The Morgan fingerprint density at radius 1 is 1.42 bits per heavy atom. The first kappa shape index (κ1) is 12.6. The molecule has 2 atom stereocenters. The number of carbonyl (C=O) groups excluding carboxylic acids is 1. The fourth-order valence-electron chi connectivity index (χ4n) is 3.19. The van der Waals surface area contributed by atoms with E-state index in [1.54, 1.807) is 6.20 Å². The lowest BCUT2D eigenvalue weighted by molar-refractivity contribution is -0.130. The van der Waals surface area contributed by atoms with Gasteiger partial charge >= 0.3 is 0 Å². The quantitative estimate of drug-likeness (QED) is 0.888. The van der Waals surface area contributed by atoms with Gasteiger partial charge in [0.25, 0.3) is 0 Å². The number of hydrogen-bond donors (Lipinski definition) is 1. The summed E-state index contributed by atoms with van der Waals surface area (Å²) in [6, 6.07) is 6.40. The Morgan fingerprint density at radius 3 is 3.16 bits per heavy atom. The maximum atomic E-state index is 12.2. The van der Waals surface area contributed by atoms with Gasteiger partial charge in [0.2, 0.25) is 5.91 Å². The number of aromatic nitrogens is 1. The van der Waals surface area contributed by atoms with Crippen molar-refractivity contribution in [2.75, 3.05) is 19.6 Å². The molecule has 1 aromatic heterocycles. The third kappa shape index (κ3) is 2.95. The van der Waals surface area contributed by atoms with Crippen molar-refractivity contribution < 1.29 is 4.79 Å². The molecule has 1 amide bonds. The highest BCUT2D eigenvalue weighted by atomic mass is 16.2. The van der Waals surface area contributed by atoms with Crippen molar-refractivity contribution in [1.29, 1.82) is 0 Å².